The van der Waals surface area contributed by atoms with Crippen LogP contribution in [0.1, 0.15) is 0 Å². The van der Waals surface area contributed by atoms with E-state index < -0.39 is 22.0 Å². The minimum absolute atomic E-state index is 0.00215. The maximum absolute atomic E-state index is 12.0. The first-order chi connectivity index (χ1) is 7.20. The van der Waals surface area contributed by atoms with Crippen molar-refractivity contribution in [1.82, 2.24) is 0 Å². The Morgan fingerprint density at radius 3 is 2.31 bits per heavy atom. The molecule has 0 saturated heterocycles. The van der Waals surface area contributed by atoms with Gasteiger partial charge in [-0.25, -0.2) is 13.6 Å². The highest BCUT2D eigenvalue weighted by molar-refractivity contribution is 8.00. The second-order valence-electron chi connectivity index (χ2n) is 2.90. The highest BCUT2D eigenvalue weighted by atomic mass is 32.2. The summed E-state index contributed by atoms with van der Waals surface area (Å²) in [7, 11) is -3.99. The Bertz CT molecular complexity index is 470. The third-order valence-electron chi connectivity index (χ3n) is 1.55. The van der Waals surface area contributed by atoms with Gasteiger partial charge in [-0.05, 0) is 12.1 Å². The number of thioether (sulfide) groups is 1. The molecule has 0 radical (unpaired) electrons. The summed E-state index contributed by atoms with van der Waals surface area (Å²) in [6.45, 7) is 0. The third-order valence-corrected chi connectivity index (χ3v) is 3.78. The Kier molecular flexibility index (Phi) is 3.87. The van der Waals surface area contributed by atoms with E-state index in [9.17, 15) is 21.6 Å². The minimum Gasteiger partial charge on any atom is -0.225 e. The van der Waals surface area contributed by atoms with Gasteiger partial charge in [0.05, 0.1) is 10.6 Å². The van der Waals surface area contributed by atoms with Crippen LogP contribution < -0.4 is 5.14 Å². The van der Waals surface area contributed by atoms with Crippen molar-refractivity contribution in [2.24, 2.45) is 5.14 Å². The van der Waals surface area contributed by atoms with E-state index in [1.807, 2.05) is 0 Å². The monoisotopic (exact) mass is 271 g/mol. The zero-order valence-corrected chi connectivity index (χ0v) is 9.49. The number of hydrogen-bond donors (Lipinski definition) is 1. The SMILES string of the molecule is NS(=O)(=O)c1ccccc1SCC(F)(F)F. The van der Waals surface area contributed by atoms with E-state index >= 15 is 0 Å². The van der Waals surface area contributed by atoms with Crippen molar-refractivity contribution in [2.75, 3.05) is 5.75 Å². The van der Waals surface area contributed by atoms with Crippen molar-refractivity contribution in [3.63, 3.8) is 0 Å². The molecule has 0 aliphatic rings. The molecule has 0 amide bonds. The molecular formula is C8H8F3NO2S2. The van der Waals surface area contributed by atoms with Crippen LogP contribution in [-0.2, 0) is 10.0 Å². The van der Waals surface area contributed by atoms with Crippen LogP contribution in [0.15, 0.2) is 34.1 Å². The Morgan fingerprint density at radius 1 is 1.25 bits per heavy atom. The Morgan fingerprint density at radius 2 is 1.81 bits per heavy atom. The molecule has 1 aromatic carbocycles. The minimum atomic E-state index is -4.35. The molecule has 1 rings (SSSR count). The Balaban J connectivity index is 2.97. The fraction of sp³-hybridized carbons (Fsp3) is 0.250. The summed E-state index contributed by atoms with van der Waals surface area (Å²) in [6, 6.07) is 5.31. The molecule has 8 heteroatoms. The molecule has 0 fully saturated rings. The van der Waals surface area contributed by atoms with Gasteiger partial charge in [0.15, 0.2) is 0 Å². The van der Waals surface area contributed by atoms with E-state index in [1.165, 1.54) is 24.3 Å². The van der Waals surface area contributed by atoms with E-state index in [0.29, 0.717) is 11.8 Å². The average Bonchev–Trinajstić information content (AvgIpc) is 2.12. The van der Waals surface area contributed by atoms with Crippen molar-refractivity contribution >= 4 is 21.8 Å². The van der Waals surface area contributed by atoms with Crippen LogP contribution in [0.4, 0.5) is 13.2 Å². The van der Waals surface area contributed by atoms with Crippen molar-refractivity contribution in [3.8, 4) is 0 Å². The number of rotatable bonds is 3. The van der Waals surface area contributed by atoms with Gasteiger partial charge in [0.25, 0.3) is 0 Å². The molecule has 0 aliphatic heterocycles. The largest absolute Gasteiger partial charge is 0.398 e. The van der Waals surface area contributed by atoms with Crippen LogP contribution in [0.2, 0.25) is 0 Å². The van der Waals surface area contributed by atoms with Gasteiger partial charge in [-0.1, -0.05) is 12.1 Å². The van der Waals surface area contributed by atoms with Gasteiger partial charge in [0, 0.05) is 4.90 Å². The van der Waals surface area contributed by atoms with E-state index in [2.05, 4.69) is 0 Å². The molecule has 0 saturated carbocycles. The van der Waals surface area contributed by atoms with Crippen LogP contribution in [0, 0.1) is 0 Å². The van der Waals surface area contributed by atoms with Crippen molar-refractivity contribution < 1.29 is 21.6 Å². The molecule has 16 heavy (non-hydrogen) atoms. The summed E-state index contributed by atoms with van der Waals surface area (Å²) in [4.78, 5) is -0.286. The van der Waals surface area contributed by atoms with Crippen molar-refractivity contribution in [2.45, 2.75) is 16.0 Å². The maximum Gasteiger partial charge on any atom is 0.398 e. The number of primary sulfonamides is 1. The summed E-state index contributed by atoms with van der Waals surface area (Å²) in [5.74, 6) is -1.15. The molecule has 0 aliphatic carbocycles. The molecule has 90 valence electrons. The molecule has 0 aromatic heterocycles. The van der Waals surface area contributed by atoms with Gasteiger partial charge in [-0.3, -0.25) is 0 Å². The second kappa shape index (κ2) is 4.64. The summed E-state index contributed by atoms with van der Waals surface area (Å²) < 4.78 is 58.0. The highest BCUT2D eigenvalue weighted by Gasteiger charge is 2.28. The predicted octanol–water partition coefficient (Wildman–Crippen LogP) is 1.99. The van der Waals surface area contributed by atoms with E-state index in [0.717, 1.165) is 0 Å². The molecule has 2 N–H and O–H groups in total. The molecular weight excluding hydrogens is 263 g/mol. The van der Waals surface area contributed by atoms with Crippen LogP contribution in [0.5, 0.6) is 0 Å². The zero-order valence-electron chi connectivity index (χ0n) is 7.86. The van der Waals surface area contributed by atoms with E-state index in [-0.39, 0.29) is 9.79 Å². The van der Waals surface area contributed by atoms with Gasteiger partial charge in [0.1, 0.15) is 0 Å². The first-order valence-electron chi connectivity index (χ1n) is 4.01. The molecule has 0 bridgehead atoms. The molecule has 3 nitrogen and oxygen atoms in total. The molecule has 0 atom stereocenters. The van der Waals surface area contributed by atoms with Gasteiger partial charge in [0.2, 0.25) is 10.0 Å². The highest BCUT2D eigenvalue weighted by Crippen LogP contribution is 2.30. The summed E-state index contributed by atoms with van der Waals surface area (Å²) in [5.41, 5.74) is 0. The molecule has 0 spiro atoms. The fourth-order valence-corrected chi connectivity index (χ4v) is 2.81. The fourth-order valence-electron chi connectivity index (χ4n) is 0.964. The number of nitrogens with two attached hydrogens (primary N) is 1. The Hall–Kier alpha value is -0.730. The molecule has 0 heterocycles. The van der Waals surface area contributed by atoms with E-state index in [4.69, 9.17) is 5.14 Å². The predicted molar refractivity (Wildman–Crippen MR) is 54.6 cm³/mol. The van der Waals surface area contributed by atoms with Gasteiger partial charge in [-0.2, -0.15) is 13.2 Å². The summed E-state index contributed by atoms with van der Waals surface area (Å²) in [6.07, 6.45) is -4.35. The van der Waals surface area contributed by atoms with Crippen LogP contribution in [0.25, 0.3) is 0 Å². The van der Waals surface area contributed by atoms with Crippen LogP contribution >= 0.6 is 11.8 Å². The Labute approximate surface area is 94.9 Å². The van der Waals surface area contributed by atoms with Gasteiger partial charge >= 0.3 is 6.18 Å². The standard InChI is InChI=1S/C8H8F3NO2S2/c9-8(10,11)5-15-6-3-1-2-4-7(6)16(12,13)14/h1-4H,5H2,(H2,12,13,14). The quantitative estimate of drug-likeness (QED) is 0.855. The lowest BCUT2D eigenvalue weighted by molar-refractivity contribution is -0.105. The first-order valence-corrected chi connectivity index (χ1v) is 6.55. The number of hydrogen-bond acceptors (Lipinski definition) is 3. The van der Waals surface area contributed by atoms with E-state index in [1.54, 1.807) is 0 Å². The summed E-state index contributed by atoms with van der Waals surface area (Å²) in [5, 5.41) is 4.87. The van der Waals surface area contributed by atoms with Crippen LogP contribution in [0.3, 0.4) is 0 Å². The number of halogens is 3. The van der Waals surface area contributed by atoms with Gasteiger partial charge in [-0.15, -0.1) is 11.8 Å². The molecule has 1 aromatic rings. The smallest absolute Gasteiger partial charge is 0.225 e. The third kappa shape index (κ3) is 4.03. The zero-order chi connectivity index (χ0) is 12.4. The topological polar surface area (TPSA) is 60.2 Å². The van der Waals surface area contributed by atoms with Crippen molar-refractivity contribution in [1.29, 1.82) is 0 Å². The number of benzene rings is 1. The second-order valence-corrected chi connectivity index (χ2v) is 5.44. The first kappa shape index (κ1) is 13.3. The number of sulfonamides is 1. The maximum atomic E-state index is 12.0. The normalized spacial score (nSPS) is 12.8. The average molecular weight is 271 g/mol. The van der Waals surface area contributed by atoms with Crippen molar-refractivity contribution in [3.05, 3.63) is 24.3 Å². The summed E-state index contributed by atoms with van der Waals surface area (Å²) >= 11 is 0.397. The lowest BCUT2D eigenvalue weighted by atomic mass is 10.4. The van der Waals surface area contributed by atoms with Gasteiger partial charge < -0.3 is 0 Å². The molecule has 0 unspecified atom stereocenters. The lowest BCUT2D eigenvalue weighted by Gasteiger charge is -2.08. The number of alkyl halides is 3. The lowest BCUT2D eigenvalue weighted by Crippen LogP contribution is -2.15. The van der Waals surface area contributed by atoms with Crippen LogP contribution in [-0.4, -0.2) is 20.3 Å².